The molecule has 1 aliphatic rings. The highest BCUT2D eigenvalue weighted by atomic mass is 16.5. The second-order valence-corrected chi connectivity index (χ2v) is 7.26. The zero-order chi connectivity index (χ0) is 21.1. The Balaban J connectivity index is 1.40. The lowest BCUT2D eigenvalue weighted by Gasteiger charge is -2.17. The maximum atomic E-state index is 12.6. The van der Waals surface area contributed by atoms with E-state index in [0.29, 0.717) is 24.2 Å². The maximum absolute atomic E-state index is 12.6. The average Bonchev–Trinajstić information content (AvgIpc) is 3.20. The summed E-state index contributed by atoms with van der Waals surface area (Å²) in [6, 6.07) is 20.0. The molecule has 1 heterocycles. The van der Waals surface area contributed by atoms with Crippen molar-refractivity contribution < 1.29 is 19.1 Å². The van der Waals surface area contributed by atoms with Gasteiger partial charge in [0.1, 0.15) is 0 Å². The lowest BCUT2D eigenvalue weighted by Crippen LogP contribution is -2.30. The predicted octanol–water partition coefficient (Wildman–Crippen LogP) is 4.15. The molecule has 1 saturated heterocycles. The maximum Gasteiger partial charge on any atom is 0.338 e. The second kappa shape index (κ2) is 8.37. The van der Waals surface area contributed by atoms with Crippen LogP contribution in [0.25, 0.3) is 10.8 Å². The molecule has 1 aliphatic heterocycles. The first-order valence-corrected chi connectivity index (χ1v) is 9.93. The molecule has 1 fully saturated rings. The molecule has 152 valence electrons. The molecule has 0 aliphatic carbocycles. The number of anilines is 2. The molecule has 1 atom stereocenters. The highest BCUT2D eigenvalue weighted by Gasteiger charge is 2.23. The second-order valence-electron chi connectivity index (χ2n) is 7.26. The van der Waals surface area contributed by atoms with Crippen LogP contribution in [0.5, 0.6) is 0 Å². The van der Waals surface area contributed by atoms with E-state index < -0.39 is 18.0 Å². The van der Waals surface area contributed by atoms with Crippen LogP contribution in [0.2, 0.25) is 0 Å². The molecule has 6 heteroatoms. The molecule has 0 spiro atoms. The van der Waals surface area contributed by atoms with E-state index >= 15 is 0 Å². The van der Waals surface area contributed by atoms with Gasteiger partial charge in [-0.05, 0) is 49.1 Å². The number of hydrogen-bond donors (Lipinski definition) is 1. The van der Waals surface area contributed by atoms with Crippen molar-refractivity contribution in [2.24, 2.45) is 0 Å². The molecule has 2 amide bonds. The summed E-state index contributed by atoms with van der Waals surface area (Å²) in [4.78, 5) is 38.5. The van der Waals surface area contributed by atoms with Crippen LogP contribution in [0.4, 0.5) is 11.4 Å². The summed E-state index contributed by atoms with van der Waals surface area (Å²) in [5.41, 5.74) is 1.76. The zero-order valence-corrected chi connectivity index (χ0v) is 16.6. The fourth-order valence-corrected chi connectivity index (χ4v) is 3.55. The largest absolute Gasteiger partial charge is 0.449 e. The van der Waals surface area contributed by atoms with Gasteiger partial charge in [0.05, 0.1) is 5.56 Å². The van der Waals surface area contributed by atoms with Crippen molar-refractivity contribution >= 4 is 39.9 Å². The molecule has 4 rings (SSSR count). The first-order valence-electron chi connectivity index (χ1n) is 9.93. The topological polar surface area (TPSA) is 75.7 Å². The van der Waals surface area contributed by atoms with Gasteiger partial charge in [0.2, 0.25) is 5.91 Å². The van der Waals surface area contributed by atoms with E-state index in [9.17, 15) is 14.4 Å². The van der Waals surface area contributed by atoms with Crippen LogP contribution in [-0.4, -0.2) is 30.4 Å². The number of benzene rings is 3. The highest BCUT2D eigenvalue weighted by molar-refractivity contribution is 6.04. The minimum absolute atomic E-state index is 0.0871. The van der Waals surface area contributed by atoms with E-state index in [0.717, 1.165) is 22.9 Å². The van der Waals surface area contributed by atoms with Gasteiger partial charge in [-0.3, -0.25) is 9.59 Å². The van der Waals surface area contributed by atoms with Crippen LogP contribution in [0, 0.1) is 0 Å². The molecule has 3 aromatic carbocycles. The summed E-state index contributed by atoms with van der Waals surface area (Å²) in [5, 5.41) is 4.76. The minimum atomic E-state index is -0.962. The Bertz CT molecular complexity index is 1100. The van der Waals surface area contributed by atoms with Crippen LogP contribution in [0.1, 0.15) is 30.1 Å². The Kier molecular flexibility index (Phi) is 5.48. The number of carbonyl (C=O) groups excluding carboxylic acids is 3. The van der Waals surface area contributed by atoms with Crippen LogP contribution in [0.3, 0.4) is 0 Å². The Morgan fingerprint density at radius 2 is 1.73 bits per heavy atom. The Morgan fingerprint density at radius 1 is 1.00 bits per heavy atom. The van der Waals surface area contributed by atoms with Gasteiger partial charge in [-0.15, -0.1) is 0 Å². The summed E-state index contributed by atoms with van der Waals surface area (Å²) in [6.45, 7) is 2.23. The number of carbonyl (C=O) groups is 3. The van der Waals surface area contributed by atoms with Crippen molar-refractivity contribution in [3.8, 4) is 0 Å². The molecule has 0 aromatic heterocycles. The van der Waals surface area contributed by atoms with Crippen LogP contribution in [-0.2, 0) is 14.3 Å². The molecule has 0 radical (unpaired) electrons. The fourth-order valence-electron chi connectivity index (χ4n) is 3.55. The first-order chi connectivity index (χ1) is 14.5. The number of amides is 2. The third kappa shape index (κ3) is 4.03. The van der Waals surface area contributed by atoms with Gasteiger partial charge in [-0.25, -0.2) is 4.79 Å². The molecule has 0 unspecified atom stereocenters. The summed E-state index contributed by atoms with van der Waals surface area (Å²) in [5.74, 6) is -0.905. The molecule has 3 aromatic rings. The normalized spacial score (nSPS) is 14.6. The molecular formula is C24H22N2O4. The standard InChI is InChI=1S/C24H22N2O4/c1-16(23(28)25-21-9-4-7-17-6-2-3-8-20(17)21)30-24(29)18-11-13-19(14-12-18)26-15-5-10-22(26)27/h2-4,6-9,11-14,16H,5,10,15H2,1H3,(H,25,28)/t16-/m0/s1. The molecule has 0 bridgehead atoms. The Hall–Kier alpha value is -3.67. The van der Waals surface area contributed by atoms with E-state index in [2.05, 4.69) is 5.32 Å². The fraction of sp³-hybridized carbons (Fsp3) is 0.208. The highest BCUT2D eigenvalue weighted by Crippen LogP contribution is 2.24. The van der Waals surface area contributed by atoms with Gasteiger partial charge in [-0.1, -0.05) is 36.4 Å². The number of rotatable bonds is 5. The minimum Gasteiger partial charge on any atom is -0.449 e. The van der Waals surface area contributed by atoms with Crippen LogP contribution >= 0.6 is 0 Å². The third-order valence-electron chi connectivity index (χ3n) is 5.19. The van der Waals surface area contributed by atoms with Crippen molar-refractivity contribution in [1.29, 1.82) is 0 Å². The number of nitrogens with zero attached hydrogens (tertiary/aromatic N) is 1. The number of nitrogens with one attached hydrogen (secondary N) is 1. The Labute approximate surface area is 174 Å². The molecule has 6 nitrogen and oxygen atoms in total. The average molecular weight is 402 g/mol. The van der Waals surface area contributed by atoms with Gasteiger partial charge in [-0.2, -0.15) is 0 Å². The van der Waals surface area contributed by atoms with Crippen LogP contribution < -0.4 is 10.2 Å². The van der Waals surface area contributed by atoms with Gasteiger partial charge in [0.15, 0.2) is 6.10 Å². The molecular weight excluding hydrogens is 380 g/mol. The van der Waals surface area contributed by atoms with Crippen molar-refractivity contribution in [3.05, 3.63) is 72.3 Å². The molecule has 1 N–H and O–H groups in total. The van der Waals surface area contributed by atoms with Gasteiger partial charge >= 0.3 is 5.97 Å². The number of hydrogen-bond acceptors (Lipinski definition) is 4. The van der Waals surface area contributed by atoms with Gasteiger partial charge < -0.3 is 15.0 Å². The first kappa shape index (κ1) is 19.6. The lowest BCUT2D eigenvalue weighted by atomic mass is 10.1. The summed E-state index contributed by atoms with van der Waals surface area (Å²) in [6.07, 6.45) is 0.426. The molecule has 0 saturated carbocycles. The van der Waals surface area contributed by atoms with E-state index in [4.69, 9.17) is 4.74 Å². The van der Waals surface area contributed by atoms with E-state index in [1.54, 1.807) is 29.2 Å². The van der Waals surface area contributed by atoms with E-state index in [-0.39, 0.29) is 5.91 Å². The summed E-state index contributed by atoms with van der Waals surface area (Å²) >= 11 is 0. The van der Waals surface area contributed by atoms with Crippen LogP contribution in [0.15, 0.2) is 66.7 Å². The quantitative estimate of drug-likeness (QED) is 0.651. The summed E-state index contributed by atoms with van der Waals surface area (Å²) in [7, 11) is 0. The van der Waals surface area contributed by atoms with Crippen molar-refractivity contribution in [2.75, 3.05) is 16.8 Å². The lowest BCUT2D eigenvalue weighted by molar-refractivity contribution is -0.123. The zero-order valence-electron chi connectivity index (χ0n) is 16.6. The Morgan fingerprint density at radius 3 is 2.47 bits per heavy atom. The van der Waals surface area contributed by atoms with E-state index in [1.807, 2.05) is 42.5 Å². The molecule has 30 heavy (non-hydrogen) atoms. The number of ether oxygens (including phenoxy) is 1. The number of esters is 1. The van der Waals surface area contributed by atoms with E-state index in [1.165, 1.54) is 6.92 Å². The van der Waals surface area contributed by atoms with Crippen molar-refractivity contribution in [2.45, 2.75) is 25.9 Å². The van der Waals surface area contributed by atoms with Crippen molar-refractivity contribution in [3.63, 3.8) is 0 Å². The summed E-state index contributed by atoms with van der Waals surface area (Å²) < 4.78 is 5.34. The predicted molar refractivity (Wildman–Crippen MR) is 115 cm³/mol. The monoisotopic (exact) mass is 402 g/mol. The third-order valence-corrected chi connectivity index (χ3v) is 5.19. The smallest absolute Gasteiger partial charge is 0.338 e. The number of fused-ring (bicyclic) bond motifs is 1. The van der Waals surface area contributed by atoms with Gasteiger partial charge in [0, 0.05) is 29.7 Å². The van der Waals surface area contributed by atoms with Crippen molar-refractivity contribution in [1.82, 2.24) is 0 Å². The SMILES string of the molecule is C[C@H](OC(=O)c1ccc(N2CCCC2=O)cc1)C(=O)Nc1cccc2ccccc12. The van der Waals surface area contributed by atoms with Gasteiger partial charge in [0.25, 0.3) is 5.91 Å².